The minimum atomic E-state index is -1.01. The second kappa shape index (κ2) is 5.18. The van der Waals surface area contributed by atoms with Gasteiger partial charge < -0.3 is 16.3 Å². The van der Waals surface area contributed by atoms with Gasteiger partial charge in [0.25, 0.3) is 0 Å². The van der Waals surface area contributed by atoms with Crippen molar-refractivity contribution in [3.05, 3.63) is 21.9 Å². The third kappa shape index (κ3) is 2.97. The van der Waals surface area contributed by atoms with Crippen LogP contribution in [0.2, 0.25) is 0 Å². The maximum absolute atomic E-state index is 11.9. The van der Waals surface area contributed by atoms with Gasteiger partial charge in [-0.15, -0.1) is 11.3 Å². The molecule has 0 unspecified atom stereocenters. The molecule has 0 fully saturated rings. The van der Waals surface area contributed by atoms with E-state index in [1.165, 1.54) is 0 Å². The maximum Gasteiger partial charge on any atom is 0.233 e. The van der Waals surface area contributed by atoms with Gasteiger partial charge in [0.05, 0.1) is 6.54 Å². The summed E-state index contributed by atoms with van der Waals surface area (Å²) in [6, 6.07) is 2.00. The van der Waals surface area contributed by atoms with E-state index in [0.717, 1.165) is 10.4 Å². The number of thiophene rings is 1. The number of nitrogens with zero attached hydrogens (tertiary/aromatic N) is 1. The first-order chi connectivity index (χ1) is 7.89. The van der Waals surface area contributed by atoms with Crippen LogP contribution in [0, 0.1) is 12.3 Å². The Balaban J connectivity index is 2.65. The lowest BCUT2D eigenvalue weighted by atomic mass is 9.91. The van der Waals surface area contributed by atoms with Crippen molar-refractivity contribution in [3.63, 3.8) is 0 Å². The smallest absolute Gasteiger partial charge is 0.233 e. The van der Waals surface area contributed by atoms with Crippen LogP contribution in [0.25, 0.3) is 0 Å². The summed E-state index contributed by atoms with van der Waals surface area (Å²) in [5, 5.41) is 16.2. The number of hydrogen-bond acceptors (Lipinski definition) is 4. The van der Waals surface area contributed by atoms with E-state index in [0.29, 0.717) is 6.54 Å². The van der Waals surface area contributed by atoms with E-state index in [9.17, 15) is 4.79 Å². The number of nitrogens with one attached hydrogen (secondary N) is 1. The van der Waals surface area contributed by atoms with E-state index in [4.69, 9.17) is 10.9 Å². The Kier molecular flexibility index (Phi) is 4.11. The molecular formula is C11H17N3O2S. The number of amidine groups is 1. The highest BCUT2D eigenvalue weighted by atomic mass is 32.1. The fraction of sp³-hybridized carbons (Fsp3) is 0.455. The first kappa shape index (κ1) is 13.5. The fourth-order valence-electron chi connectivity index (χ4n) is 1.21. The van der Waals surface area contributed by atoms with Gasteiger partial charge in [0.15, 0.2) is 5.84 Å². The van der Waals surface area contributed by atoms with Crippen molar-refractivity contribution in [2.45, 2.75) is 27.3 Å². The lowest BCUT2D eigenvalue weighted by Gasteiger charge is -2.21. The third-order valence-corrected chi connectivity index (χ3v) is 3.72. The second-order valence-electron chi connectivity index (χ2n) is 4.32. The molecule has 0 spiro atoms. The molecule has 17 heavy (non-hydrogen) atoms. The average molecular weight is 255 g/mol. The van der Waals surface area contributed by atoms with Crippen molar-refractivity contribution in [1.82, 2.24) is 5.32 Å². The first-order valence-electron chi connectivity index (χ1n) is 5.19. The average Bonchev–Trinajstić information content (AvgIpc) is 2.70. The molecule has 0 saturated heterocycles. The summed E-state index contributed by atoms with van der Waals surface area (Å²) >= 11 is 1.59. The number of carbonyl (C=O) groups excluding carboxylic acids is 1. The zero-order chi connectivity index (χ0) is 13.1. The van der Waals surface area contributed by atoms with E-state index < -0.39 is 5.41 Å². The van der Waals surface area contributed by atoms with E-state index in [2.05, 4.69) is 10.5 Å². The van der Waals surface area contributed by atoms with Crippen LogP contribution in [-0.4, -0.2) is 17.0 Å². The molecule has 94 valence electrons. The topological polar surface area (TPSA) is 87.7 Å². The quantitative estimate of drug-likeness (QED) is 0.329. The highest BCUT2D eigenvalue weighted by molar-refractivity contribution is 7.10. The molecule has 1 amide bonds. The van der Waals surface area contributed by atoms with Crippen molar-refractivity contribution in [2.75, 3.05) is 0 Å². The fourth-order valence-corrected chi connectivity index (χ4v) is 2.05. The van der Waals surface area contributed by atoms with E-state index in [1.54, 1.807) is 25.2 Å². The van der Waals surface area contributed by atoms with Gasteiger partial charge in [-0.25, -0.2) is 0 Å². The number of amides is 1. The zero-order valence-electron chi connectivity index (χ0n) is 10.2. The molecule has 0 saturated carbocycles. The van der Waals surface area contributed by atoms with Crippen molar-refractivity contribution >= 4 is 23.1 Å². The highest BCUT2D eigenvalue weighted by Crippen LogP contribution is 2.18. The molecular weight excluding hydrogens is 238 g/mol. The Bertz CT molecular complexity index is 438. The van der Waals surface area contributed by atoms with Crippen LogP contribution < -0.4 is 11.1 Å². The van der Waals surface area contributed by atoms with Crippen molar-refractivity contribution < 1.29 is 10.0 Å². The van der Waals surface area contributed by atoms with Crippen LogP contribution in [0.4, 0.5) is 0 Å². The van der Waals surface area contributed by atoms with Gasteiger partial charge in [-0.1, -0.05) is 5.16 Å². The molecule has 1 heterocycles. The van der Waals surface area contributed by atoms with Crippen LogP contribution in [0.15, 0.2) is 16.6 Å². The summed E-state index contributed by atoms with van der Waals surface area (Å²) < 4.78 is 0. The molecule has 0 aliphatic heterocycles. The van der Waals surface area contributed by atoms with Gasteiger partial charge in [0.2, 0.25) is 5.91 Å². The Hall–Kier alpha value is -1.56. The molecule has 4 N–H and O–H groups in total. The number of oxime groups is 1. The van der Waals surface area contributed by atoms with Crippen LogP contribution in [0.1, 0.15) is 24.3 Å². The Labute approximate surface area is 104 Å². The van der Waals surface area contributed by atoms with Gasteiger partial charge in [-0.3, -0.25) is 4.79 Å². The Morgan fingerprint density at radius 2 is 2.29 bits per heavy atom. The minimum Gasteiger partial charge on any atom is -0.409 e. The molecule has 5 nitrogen and oxygen atoms in total. The third-order valence-electron chi connectivity index (χ3n) is 2.69. The predicted octanol–water partition coefficient (Wildman–Crippen LogP) is 1.45. The number of aryl methyl sites for hydroxylation is 1. The van der Waals surface area contributed by atoms with Gasteiger partial charge in [0.1, 0.15) is 5.41 Å². The number of nitrogens with two attached hydrogens (primary N) is 1. The zero-order valence-corrected chi connectivity index (χ0v) is 11.0. The molecule has 1 aromatic rings. The van der Waals surface area contributed by atoms with Crippen LogP contribution in [0.5, 0.6) is 0 Å². The summed E-state index contributed by atoms with van der Waals surface area (Å²) in [6.45, 7) is 5.68. The standard InChI is InChI=1S/C11H17N3O2S/c1-7-4-5-17-8(7)6-13-10(15)11(2,3)9(12)14-16/h4-5,16H,6H2,1-3H3,(H2,12,14)(H,13,15). The molecule has 1 aromatic heterocycles. The largest absolute Gasteiger partial charge is 0.409 e. The van der Waals surface area contributed by atoms with Crippen molar-refractivity contribution in [1.29, 1.82) is 0 Å². The van der Waals surface area contributed by atoms with Gasteiger partial charge >= 0.3 is 0 Å². The van der Waals surface area contributed by atoms with Crippen LogP contribution >= 0.6 is 11.3 Å². The molecule has 0 aliphatic rings. The summed E-state index contributed by atoms with van der Waals surface area (Å²) in [6.07, 6.45) is 0. The number of rotatable bonds is 4. The molecule has 0 radical (unpaired) electrons. The molecule has 0 bridgehead atoms. The van der Waals surface area contributed by atoms with Crippen LogP contribution in [-0.2, 0) is 11.3 Å². The second-order valence-corrected chi connectivity index (χ2v) is 5.32. The van der Waals surface area contributed by atoms with Gasteiger partial charge in [-0.05, 0) is 37.8 Å². The predicted molar refractivity (Wildman–Crippen MR) is 68.1 cm³/mol. The monoisotopic (exact) mass is 255 g/mol. The molecule has 1 rings (SSSR count). The first-order valence-corrected chi connectivity index (χ1v) is 6.07. The molecule has 0 aromatic carbocycles. The van der Waals surface area contributed by atoms with Crippen molar-refractivity contribution in [3.8, 4) is 0 Å². The highest BCUT2D eigenvalue weighted by Gasteiger charge is 2.32. The SMILES string of the molecule is Cc1ccsc1CNC(=O)C(C)(C)C(N)=NO. The molecule has 6 heteroatoms. The summed E-state index contributed by atoms with van der Waals surface area (Å²) in [5.41, 5.74) is 5.61. The van der Waals surface area contributed by atoms with E-state index in [1.807, 2.05) is 18.4 Å². The van der Waals surface area contributed by atoms with Crippen LogP contribution in [0.3, 0.4) is 0 Å². The van der Waals surface area contributed by atoms with E-state index in [-0.39, 0.29) is 11.7 Å². The summed E-state index contributed by atoms with van der Waals surface area (Å²) in [4.78, 5) is 13.0. The minimum absolute atomic E-state index is 0.0992. The normalized spacial score (nSPS) is 12.5. The van der Waals surface area contributed by atoms with E-state index >= 15 is 0 Å². The number of carbonyl (C=O) groups is 1. The molecule has 0 atom stereocenters. The Morgan fingerprint density at radius 1 is 1.65 bits per heavy atom. The van der Waals surface area contributed by atoms with Gasteiger partial charge in [0, 0.05) is 4.88 Å². The summed E-state index contributed by atoms with van der Waals surface area (Å²) in [7, 11) is 0. The van der Waals surface area contributed by atoms with Crippen molar-refractivity contribution in [2.24, 2.45) is 16.3 Å². The van der Waals surface area contributed by atoms with Gasteiger partial charge in [-0.2, -0.15) is 0 Å². The lowest BCUT2D eigenvalue weighted by molar-refractivity contribution is -0.126. The summed E-state index contributed by atoms with van der Waals surface area (Å²) in [5.74, 6) is -0.362. The number of hydrogen-bond donors (Lipinski definition) is 3. The maximum atomic E-state index is 11.9. The Morgan fingerprint density at radius 3 is 2.76 bits per heavy atom. The lowest BCUT2D eigenvalue weighted by Crippen LogP contribution is -2.45. The molecule has 0 aliphatic carbocycles.